The first-order chi connectivity index (χ1) is 16.3. The van der Waals surface area contributed by atoms with Gasteiger partial charge in [-0.25, -0.2) is 13.4 Å². The lowest BCUT2D eigenvalue weighted by Crippen LogP contribution is -2.15. The van der Waals surface area contributed by atoms with Crippen molar-refractivity contribution < 1.29 is 22.4 Å². The molecule has 0 fully saturated rings. The molecule has 0 radical (unpaired) electrons. The third-order valence-corrected chi connectivity index (χ3v) is 6.56. The van der Waals surface area contributed by atoms with E-state index in [1.165, 1.54) is 31.4 Å². The first kappa shape index (κ1) is 23.1. The predicted octanol–water partition coefficient (Wildman–Crippen LogP) is 5.02. The third-order valence-electron chi connectivity index (χ3n) is 5.17. The van der Waals surface area contributed by atoms with Crippen molar-refractivity contribution in [1.82, 2.24) is 4.98 Å². The van der Waals surface area contributed by atoms with Gasteiger partial charge in [-0.3, -0.25) is 9.52 Å². The molecule has 3 aromatic carbocycles. The molecular formula is C25H23N3O5S. The molecule has 174 valence electrons. The number of aryl methyl sites for hydroxylation is 2. The van der Waals surface area contributed by atoms with Crippen LogP contribution in [0.2, 0.25) is 0 Å². The van der Waals surface area contributed by atoms with E-state index in [1.54, 1.807) is 42.5 Å². The number of hydrogen-bond donors (Lipinski definition) is 2. The van der Waals surface area contributed by atoms with E-state index in [-0.39, 0.29) is 10.8 Å². The highest BCUT2D eigenvalue weighted by molar-refractivity contribution is 7.92. The number of methoxy groups -OCH3 is 1. The van der Waals surface area contributed by atoms with Gasteiger partial charge in [-0.2, -0.15) is 0 Å². The van der Waals surface area contributed by atoms with E-state index in [1.807, 2.05) is 19.9 Å². The van der Waals surface area contributed by atoms with E-state index < -0.39 is 10.0 Å². The van der Waals surface area contributed by atoms with Crippen LogP contribution in [-0.2, 0) is 10.0 Å². The van der Waals surface area contributed by atoms with Crippen LogP contribution in [0.3, 0.4) is 0 Å². The summed E-state index contributed by atoms with van der Waals surface area (Å²) in [6.45, 7) is 3.71. The number of anilines is 2. The number of carbonyl (C=O) groups excluding carboxylic acids is 1. The third kappa shape index (κ3) is 4.94. The van der Waals surface area contributed by atoms with Gasteiger partial charge in [0.2, 0.25) is 5.89 Å². The van der Waals surface area contributed by atoms with Crippen molar-refractivity contribution in [2.24, 2.45) is 0 Å². The zero-order chi connectivity index (χ0) is 24.3. The van der Waals surface area contributed by atoms with Gasteiger partial charge in [-0.1, -0.05) is 18.2 Å². The Bertz CT molecular complexity index is 1420. The second-order valence-corrected chi connectivity index (χ2v) is 9.21. The fourth-order valence-electron chi connectivity index (χ4n) is 3.25. The molecule has 1 heterocycles. The molecule has 34 heavy (non-hydrogen) atoms. The molecule has 4 rings (SSSR count). The second-order valence-electron chi connectivity index (χ2n) is 7.53. The van der Waals surface area contributed by atoms with Crippen molar-refractivity contribution in [3.63, 3.8) is 0 Å². The summed E-state index contributed by atoms with van der Waals surface area (Å²) in [6.07, 6.45) is 0. The molecule has 0 aliphatic carbocycles. The standard InChI is InChI=1S/C25H23N3O5S/c1-16-17(2)33-25(26-16)19-7-6-8-20(15-19)27-24(29)18-11-13-21(14-12-18)34(30,31)28-22-9-4-5-10-23(22)32-3/h4-15,28H,1-3H3,(H,27,29). The van der Waals surface area contributed by atoms with Crippen LogP contribution >= 0.6 is 0 Å². The largest absolute Gasteiger partial charge is 0.495 e. The quantitative estimate of drug-likeness (QED) is 0.387. The normalized spacial score (nSPS) is 11.1. The minimum Gasteiger partial charge on any atom is -0.495 e. The lowest BCUT2D eigenvalue weighted by atomic mass is 10.1. The summed E-state index contributed by atoms with van der Waals surface area (Å²) in [6, 6.07) is 19.5. The summed E-state index contributed by atoms with van der Waals surface area (Å²) in [5, 5.41) is 2.81. The van der Waals surface area contributed by atoms with E-state index in [0.29, 0.717) is 28.6 Å². The van der Waals surface area contributed by atoms with Crippen molar-refractivity contribution in [3.05, 3.63) is 89.8 Å². The van der Waals surface area contributed by atoms with Gasteiger partial charge in [-0.15, -0.1) is 0 Å². The van der Waals surface area contributed by atoms with Crippen molar-refractivity contribution in [2.75, 3.05) is 17.1 Å². The first-order valence-corrected chi connectivity index (χ1v) is 11.9. The van der Waals surface area contributed by atoms with Gasteiger partial charge in [0.05, 0.1) is 23.4 Å². The molecule has 0 spiro atoms. The summed E-state index contributed by atoms with van der Waals surface area (Å²) in [7, 11) is -2.40. The maximum atomic E-state index is 12.8. The van der Waals surface area contributed by atoms with Gasteiger partial charge in [0.25, 0.3) is 15.9 Å². The van der Waals surface area contributed by atoms with E-state index >= 15 is 0 Å². The predicted molar refractivity (Wildman–Crippen MR) is 130 cm³/mol. The van der Waals surface area contributed by atoms with E-state index in [2.05, 4.69) is 15.0 Å². The molecule has 0 atom stereocenters. The number of oxazole rings is 1. The number of carbonyl (C=O) groups is 1. The van der Waals surface area contributed by atoms with Crippen LogP contribution in [0, 0.1) is 13.8 Å². The second kappa shape index (κ2) is 9.40. The number of nitrogens with zero attached hydrogens (tertiary/aromatic N) is 1. The molecule has 0 bridgehead atoms. The highest BCUT2D eigenvalue weighted by atomic mass is 32.2. The summed E-state index contributed by atoms with van der Waals surface area (Å²) in [5.74, 6) is 1.24. The monoisotopic (exact) mass is 477 g/mol. The Hall–Kier alpha value is -4.11. The summed E-state index contributed by atoms with van der Waals surface area (Å²) < 4.78 is 38.9. The molecular weight excluding hydrogens is 454 g/mol. The molecule has 9 heteroatoms. The number of hydrogen-bond acceptors (Lipinski definition) is 6. The molecule has 0 aliphatic heterocycles. The number of benzene rings is 3. The SMILES string of the molecule is COc1ccccc1NS(=O)(=O)c1ccc(C(=O)Nc2cccc(-c3nc(C)c(C)o3)c2)cc1. The van der Waals surface area contributed by atoms with Gasteiger partial charge < -0.3 is 14.5 Å². The van der Waals surface area contributed by atoms with Gasteiger partial charge >= 0.3 is 0 Å². The van der Waals surface area contributed by atoms with Crippen LogP contribution in [0.4, 0.5) is 11.4 Å². The average Bonchev–Trinajstić information content (AvgIpc) is 3.17. The number of rotatable bonds is 7. The number of sulfonamides is 1. The molecule has 0 unspecified atom stereocenters. The Labute approximate surface area is 197 Å². The fourth-order valence-corrected chi connectivity index (χ4v) is 4.32. The molecule has 1 aromatic heterocycles. The topological polar surface area (TPSA) is 111 Å². The number of amides is 1. The van der Waals surface area contributed by atoms with Crippen molar-refractivity contribution >= 4 is 27.3 Å². The lowest BCUT2D eigenvalue weighted by molar-refractivity contribution is 0.102. The first-order valence-electron chi connectivity index (χ1n) is 10.4. The summed E-state index contributed by atoms with van der Waals surface area (Å²) in [4.78, 5) is 17.1. The van der Waals surface area contributed by atoms with Crippen molar-refractivity contribution in [1.29, 1.82) is 0 Å². The Kier molecular flexibility index (Phi) is 6.38. The van der Waals surface area contributed by atoms with E-state index in [4.69, 9.17) is 9.15 Å². The molecule has 8 nitrogen and oxygen atoms in total. The van der Waals surface area contributed by atoms with Crippen LogP contribution in [0.1, 0.15) is 21.8 Å². The Morgan fingerprint density at radius 3 is 2.38 bits per heavy atom. The molecule has 0 saturated carbocycles. The Morgan fingerprint density at radius 2 is 1.71 bits per heavy atom. The molecule has 4 aromatic rings. The van der Waals surface area contributed by atoms with Crippen molar-refractivity contribution in [3.8, 4) is 17.2 Å². The number of para-hydroxylation sites is 2. The molecule has 0 aliphatic rings. The minimum atomic E-state index is -3.86. The number of nitrogens with one attached hydrogen (secondary N) is 2. The fraction of sp³-hybridized carbons (Fsp3) is 0.120. The van der Waals surface area contributed by atoms with E-state index in [0.717, 1.165) is 17.0 Å². The van der Waals surface area contributed by atoms with Crippen LogP contribution in [0.15, 0.2) is 82.1 Å². The minimum absolute atomic E-state index is 0.0200. The Morgan fingerprint density at radius 1 is 0.971 bits per heavy atom. The average molecular weight is 478 g/mol. The van der Waals surface area contributed by atoms with Gasteiger partial charge in [0.15, 0.2) is 0 Å². The Balaban J connectivity index is 1.49. The zero-order valence-electron chi connectivity index (χ0n) is 18.8. The number of aromatic nitrogens is 1. The van der Waals surface area contributed by atoms with Crippen molar-refractivity contribution in [2.45, 2.75) is 18.7 Å². The lowest BCUT2D eigenvalue weighted by Gasteiger charge is -2.12. The van der Waals surface area contributed by atoms with Gasteiger partial charge in [0.1, 0.15) is 11.5 Å². The molecule has 2 N–H and O–H groups in total. The maximum Gasteiger partial charge on any atom is 0.262 e. The smallest absolute Gasteiger partial charge is 0.262 e. The highest BCUT2D eigenvalue weighted by Gasteiger charge is 2.17. The zero-order valence-corrected chi connectivity index (χ0v) is 19.6. The van der Waals surface area contributed by atoms with Crippen LogP contribution in [-0.4, -0.2) is 26.4 Å². The van der Waals surface area contributed by atoms with Gasteiger partial charge in [-0.05, 0) is 68.4 Å². The highest BCUT2D eigenvalue weighted by Crippen LogP contribution is 2.27. The van der Waals surface area contributed by atoms with Gasteiger partial charge in [0, 0.05) is 16.8 Å². The van der Waals surface area contributed by atoms with Crippen LogP contribution in [0.25, 0.3) is 11.5 Å². The maximum absolute atomic E-state index is 12.8. The van der Waals surface area contributed by atoms with Crippen LogP contribution < -0.4 is 14.8 Å². The van der Waals surface area contributed by atoms with Crippen LogP contribution in [0.5, 0.6) is 5.75 Å². The number of ether oxygens (including phenoxy) is 1. The van der Waals surface area contributed by atoms with E-state index in [9.17, 15) is 13.2 Å². The molecule has 1 amide bonds. The molecule has 0 saturated heterocycles. The summed E-state index contributed by atoms with van der Waals surface area (Å²) in [5.41, 5.74) is 2.73. The summed E-state index contributed by atoms with van der Waals surface area (Å²) >= 11 is 0.